The first kappa shape index (κ1) is 14.7. The normalized spacial score (nSPS) is 10.8. The number of esters is 1. The van der Waals surface area contributed by atoms with Gasteiger partial charge < -0.3 is 14.8 Å². The molecule has 108 valence electrons. The number of thiophene rings is 1. The van der Waals surface area contributed by atoms with E-state index in [9.17, 15) is 4.79 Å². The highest BCUT2D eigenvalue weighted by Crippen LogP contribution is 2.34. The summed E-state index contributed by atoms with van der Waals surface area (Å²) in [5, 5.41) is 4.09. The first-order valence-electron chi connectivity index (χ1n) is 6.17. The molecule has 0 aromatic carbocycles. The minimum absolute atomic E-state index is 0.342. The van der Waals surface area contributed by atoms with Gasteiger partial charge in [0.2, 0.25) is 0 Å². The first-order chi connectivity index (χ1) is 9.58. The van der Waals surface area contributed by atoms with E-state index in [1.165, 1.54) is 18.4 Å². The zero-order chi connectivity index (χ0) is 14.7. The Labute approximate surface area is 121 Å². The second-order valence-corrected chi connectivity index (χ2v) is 5.27. The lowest BCUT2D eigenvalue weighted by atomic mass is 10.2. The van der Waals surface area contributed by atoms with E-state index in [1.54, 1.807) is 7.11 Å². The maximum atomic E-state index is 11.8. The Morgan fingerprint density at radius 3 is 2.70 bits per heavy atom. The third kappa shape index (κ3) is 2.73. The molecule has 0 amide bonds. The van der Waals surface area contributed by atoms with Crippen LogP contribution in [-0.4, -0.2) is 43.3 Å². The van der Waals surface area contributed by atoms with E-state index in [4.69, 9.17) is 9.47 Å². The van der Waals surface area contributed by atoms with Crippen LogP contribution in [0.3, 0.4) is 0 Å². The number of carbonyl (C=O) groups excluding carboxylic acids is 1. The number of hydrogen-bond acceptors (Lipinski definition) is 7. The van der Waals surface area contributed by atoms with Crippen LogP contribution >= 0.6 is 11.3 Å². The van der Waals surface area contributed by atoms with Crippen LogP contribution in [0.4, 0.5) is 5.82 Å². The van der Waals surface area contributed by atoms with Crippen molar-refractivity contribution in [1.82, 2.24) is 9.97 Å². The Kier molecular flexibility index (Phi) is 4.51. The van der Waals surface area contributed by atoms with Gasteiger partial charge in [-0.15, -0.1) is 11.3 Å². The molecule has 0 spiro atoms. The molecule has 20 heavy (non-hydrogen) atoms. The highest BCUT2D eigenvalue weighted by atomic mass is 32.1. The average molecular weight is 295 g/mol. The van der Waals surface area contributed by atoms with Crippen LogP contribution in [0.15, 0.2) is 0 Å². The molecule has 6 nitrogen and oxygen atoms in total. The fourth-order valence-corrected chi connectivity index (χ4v) is 3.08. The predicted octanol–water partition coefficient (Wildman–Crippen LogP) is 2.15. The van der Waals surface area contributed by atoms with E-state index in [1.807, 2.05) is 13.8 Å². The van der Waals surface area contributed by atoms with Gasteiger partial charge in [0, 0.05) is 13.7 Å². The number of nitrogens with zero attached hydrogens (tertiary/aromatic N) is 2. The largest absolute Gasteiger partial charge is 0.465 e. The standard InChI is InChI=1S/C13H17N3O3S/c1-7-9-11(14-5-6-18-3)15-8(2)16-12(9)20-10(7)13(17)19-4/h5-6H2,1-4H3,(H,14,15,16). The van der Waals surface area contributed by atoms with E-state index < -0.39 is 0 Å². The van der Waals surface area contributed by atoms with Crippen LogP contribution in [0.25, 0.3) is 10.2 Å². The van der Waals surface area contributed by atoms with Gasteiger partial charge in [0.15, 0.2) is 0 Å². The highest BCUT2D eigenvalue weighted by Gasteiger charge is 2.20. The van der Waals surface area contributed by atoms with Crippen LogP contribution in [0.5, 0.6) is 0 Å². The number of hydrogen-bond donors (Lipinski definition) is 1. The molecule has 7 heteroatoms. The van der Waals surface area contributed by atoms with Crippen molar-refractivity contribution in [3.05, 3.63) is 16.3 Å². The monoisotopic (exact) mass is 295 g/mol. The molecule has 0 bridgehead atoms. The van der Waals surface area contributed by atoms with Crippen LogP contribution in [0.1, 0.15) is 21.1 Å². The van der Waals surface area contributed by atoms with Crippen molar-refractivity contribution in [1.29, 1.82) is 0 Å². The molecular formula is C13H17N3O3S. The smallest absolute Gasteiger partial charge is 0.348 e. The van der Waals surface area contributed by atoms with Gasteiger partial charge in [0.05, 0.1) is 19.1 Å². The summed E-state index contributed by atoms with van der Waals surface area (Å²) >= 11 is 1.33. The highest BCUT2D eigenvalue weighted by molar-refractivity contribution is 7.20. The van der Waals surface area contributed by atoms with Gasteiger partial charge in [-0.2, -0.15) is 0 Å². The molecule has 0 fully saturated rings. The molecule has 0 radical (unpaired) electrons. The van der Waals surface area contributed by atoms with Gasteiger partial charge in [-0.1, -0.05) is 0 Å². The maximum absolute atomic E-state index is 11.8. The molecular weight excluding hydrogens is 278 g/mol. The Morgan fingerprint density at radius 2 is 2.05 bits per heavy atom. The molecule has 0 aliphatic rings. The fourth-order valence-electron chi connectivity index (χ4n) is 1.93. The lowest BCUT2D eigenvalue weighted by molar-refractivity contribution is 0.0605. The molecule has 0 saturated carbocycles. The van der Waals surface area contributed by atoms with Gasteiger partial charge in [-0.05, 0) is 19.4 Å². The SMILES string of the molecule is COCCNc1nc(C)nc2sc(C(=O)OC)c(C)c12. The quantitative estimate of drug-likeness (QED) is 0.673. The molecule has 2 heterocycles. The molecule has 0 atom stereocenters. The second kappa shape index (κ2) is 6.15. The predicted molar refractivity (Wildman–Crippen MR) is 78.6 cm³/mol. The van der Waals surface area contributed by atoms with Crippen molar-refractivity contribution in [3.63, 3.8) is 0 Å². The van der Waals surface area contributed by atoms with Gasteiger partial charge in [0.1, 0.15) is 21.3 Å². The van der Waals surface area contributed by atoms with Crippen LogP contribution < -0.4 is 5.32 Å². The zero-order valence-corrected chi connectivity index (χ0v) is 12.8. The first-order valence-corrected chi connectivity index (χ1v) is 6.99. The van der Waals surface area contributed by atoms with Crippen molar-refractivity contribution in [2.24, 2.45) is 0 Å². The van der Waals surface area contributed by atoms with Crippen LogP contribution in [0, 0.1) is 13.8 Å². The Balaban J connectivity index is 2.51. The van der Waals surface area contributed by atoms with Crippen molar-refractivity contribution in [2.75, 3.05) is 32.7 Å². The minimum atomic E-state index is -0.342. The van der Waals surface area contributed by atoms with E-state index in [-0.39, 0.29) is 5.97 Å². The number of fused-ring (bicyclic) bond motifs is 1. The average Bonchev–Trinajstić information content (AvgIpc) is 2.75. The molecule has 0 unspecified atom stereocenters. The maximum Gasteiger partial charge on any atom is 0.348 e. The Morgan fingerprint density at radius 1 is 1.30 bits per heavy atom. The molecule has 0 aliphatic carbocycles. The third-order valence-electron chi connectivity index (χ3n) is 2.87. The Bertz CT molecular complexity index is 639. The lowest BCUT2D eigenvalue weighted by Gasteiger charge is -2.07. The number of aromatic nitrogens is 2. The molecule has 2 aromatic heterocycles. The summed E-state index contributed by atoms with van der Waals surface area (Å²) in [5.41, 5.74) is 0.844. The molecule has 2 aromatic rings. The topological polar surface area (TPSA) is 73.3 Å². The summed E-state index contributed by atoms with van der Waals surface area (Å²) in [4.78, 5) is 21.9. The zero-order valence-electron chi connectivity index (χ0n) is 11.9. The van der Waals surface area contributed by atoms with E-state index in [2.05, 4.69) is 15.3 Å². The van der Waals surface area contributed by atoms with E-state index in [0.717, 1.165) is 21.6 Å². The number of anilines is 1. The van der Waals surface area contributed by atoms with Crippen LogP contribution in [-0.2, 0) is 9.47 Å². The van der Waals surface area contributed by atoms with Crippen molar-refractivity contribution < 1.29 is 14.3 Å². The van der Waals surface area contributed by atoms with Gasteiger partial charge >= 0.3 is 5.97 Å². The summed E-state index contributed by atoms with van der Waals surface area (Å²) < 4.78 is 9.82. The summed E-state index contributed by atoms with van der Waals surface area (Å²) in [6, 6.07) is 0. The second-order valence-electron chi connectivity index (χ2n) is 4.27. The van der Waals surface area contributed by atoms with E-state index in [0.29, 0.717) is 23.9 Å². The number of aryl methyl sites for hydroxylation is 2. The molecule has 0 saturated heterocycles. The molecule has 0 aliphatic heterocycles. The van der Waals surface area contributed by atoms with Crippen molar-refractivity contribution >= 4 is 33.3 Å². The van der Waals surface area contributed by atoms with Crippen molar-refractivity contribution in [2.45, 2.75) is 13.8 Å². The van der Waals surface area contributed by atoms with Crippen LogP contribution in [0.2, 0.25) is 0 Å². The number of ether oxygens (including phenoxy) is 2. The number of carbonyl (C=O) groups is 1. The van der Waals surface area contributed by atoms with Gasteiger partial charge in [0.25, 0.3) is 0 Å². The summed E-state index contributed by atoms with van der Waals surface area (Å²) in [7, 11) is 3.02. The molecule has 1 N–H and O–H groups in total. The fraction of sp³-hybridized carbons (Fsp3) is 0.462. The lowest BCUT2D eigenvalue weighted by Crippen LogP contribution is -2.10. The number of nitrogens with one attached hydrogen (secondary N) is 1. The van der Waals surface area contributed by atoms with E-state index >= 15 is 0 Å². The number of methoxy groups -OCH3 is 2. The Hall–Kier alpha value is -1.73. The summed E-state index contributed by atoms with van der Waals surface area (Å²) in [5.74, 6) is 1.05. The minimum Gasteiger partial charge on any atom is -0.465 e. The summed E-state index contributed by atoms with van der Waals surface area (Å²) in [6.07, 6.45) is 0. The van der Waals surface area contributed by atoms with Crippen molar-refractivity contribution in [3.8, 4) is 0 Å². The number of rotatable bonds is 5. The molecule has 2 rings (SSSR count). The van der Waals surface area contributed by atoms with Gasteiger partial charge in [-0.25, -0.2) is 14.8 Å². The van der Waals surface area contributed by atoms with Gasteiger partial charge in [-0.3, -0.25) is 0 Å². The third-order valence-corrected chi connectivity index (χ3v) is 4.04. The summed E-state index contributed by atoms with van der Waals surface area (Å²) in [6.45, 7) is 4.93.